The molecule has 0 fully saturated rings. The first-order valence-electron chi connectivity index (χ1n) is 9.00. The molecule has 7 nitrogen and oxygen atoms in total. The minimum atomic E-state index is -3.51. The minimum Gasteiger partial charge on any atom is -0.348 e. The van der Waals surface area contributed by atoms with Crippen LogP contribution in [0.1, 0.15) is 42.0 Å². The second-order valence-corrected chi connectivity index (χ2v) is 8.99. The van der Waals surface area contributed by atoms with Crippen LogP contribution < -0.4 is 10.6 Å². The van der Waals surface area contributed by atoms with Gasteiger partial charge in [0.1, 0.15) is 0 Å². The summed E-state index contributed by atoms with van der Waals surface area (Å²) < 4.78 is 26.4. The van der Waals surface area contributed by atoms with E-state index in [0.717, 1.165) is 5.56 Å². The van der Waals surface area contributed by atoms with E-state index in [-0.39, 0.29) is 29.3 Å². The molecule has 0 saturated carbocycles. The maximum absolute atomic E-state index is 12.5. The maximum Gasteiger partial charge on any atom is 0.261 e. The zero-order valence-corrected chi connectivity index (χ0v) is 17.8. The Labute approximate surface area is 169 Å². The molecule has 0 radical (unpaired) electrons. The van der Waals surface area contributed by atoms with E-state index in [1.165, 1.54) is 15.6 Å². The molecule has 28 heavy (non-hydrogen) atoms. The molecule has 2 amide bonds. The molecule has 0 aliphatic carbocycles. The number of thiophene rings is 1. The molecular weight excluding hydrogens is 398 g/mol. The molecule has 1 atom stereocenters. The predicted octanol–water partition coefficient (Wildman–Crippen LogP) is 2.39. The third-order valence-electron chi connectivity index (χ3n) is 4.26. The Bertz CT molecular complexity index is 890. The van der Waals surface area contributed by atoms with Crippen molar-refractivity contribution in [2.75, 3.05) is 19.6 Å². The average Bonchev–Trinajstić information content (AvgIpc) is 3.22. The van der Waals surface area contributed by atoms with E-state index in [9.17, 15) is 18.0 Å². The van der Waals surface area contributed by atoms with Gasteiger partial charge in [-0.25, -0.2) is 8.42 Å². The summed E-state index contributed by atoms with van der Waals surface area (Å²) >= 11 is 1.31. The van der Waals surface area contributed by atoms with Crippen LogP contribution in [0.4, 0.5) is 0 Å². The molecule has 9 heteroatoms. The Morgan fingerprint density at radius 3 is 2.29 bits per heavy atom. The van der Waals surface area contributed by atoms with Gasteiger partial charge in [-0.05, 0) is 36.1 Å². The monoisotopic (exact) mass is 423 g/mol. The van der Waals surface area contributed by atoms with Crippen LogP contribution in [0.3, 0.4) is 0 Å². The van der Waals surface area contributed by atoms with Crippen molar-refractivity contribution in [2.24, 2.45) is 0 Å². The van der Waals surface area contributed by atoms with Crippen molar-refractivity contribution in [3.8, 4) is 0 Å². The van der Waals surface area contributed by atoms with Crippen molar-refractivity contribution in [3.05, 3.63) is 52.2 Å². The molecule has 1 aromatic heterocycles. The first-order valence-corrected chi connectivity index (χ1v) is 11.3. The Morgan fingerprint density at radius 2 is 1.75 bits per heavy atom. The largest absolute Gasteiger partial charge is 0.348 e. The van der Waals surface area contributed by atoms with E-state index in [1.807, 2.05) is 0 Å². The first kappa shape index (κ1) is 22.1. The molecular formula is C19H25N3O4S2. The number of sulfonamides is 1. The number of hydrogen-bond acceptors (Lipinski definition) is 5. The lowest BCUT2D eigenvalue weighted by atomic mass is 10.1. The number of nitrogens with one attached hydrogen (secondary N) is 2. The molecule has 0 unspecified atom stereocenters. The number of benzene rings is 1. The van der Waals surface area contributed by atoms with Crippen molar-refractivity contribution in [1.29, 1.82) is 0 Å². The lowest BCUT2D eigenvalue weighted by Gasteiger charge is -2.19. The normalized spacial score (nSPS) is 12.6. The van der Waals surface area contributed by atoms with Crippen LogP contribution in [-0.2, 0) is 14.8 Å². The minimum absolute atomic E-state index is 0.129. The SMILES string of the molecule is CCN(CC)S(=O)(=O)c1ccc([C@@H](C)NC(=O)CNC(=O)c2cccs2)cc1. The highest BCUT2D eigenvalue weighted by Gasteiger charge is 2.21. The Balaban J connectivity index is 1.94. The molecule has 152 valence electrons. The van der Waals surface area contributed by atoms with Crippen molar-refractivity contribution < 1.29 is 18.0 Å². The lowest BCUT2D eigenvalue weighted by molar-refractivity contribution is -0.120. The number of amides is 2. The highest BCUT2D eigenvalue weighted by molar-refractivity contribution is 7.89. The van der Waals surface area contributed by atoms with Gasteiger partial charge in [-0.2, -0.15) is 4.31 Å². The van der Waals surface area contributed by atoms with Crippen molar-refractivity contribution in [3.63, 3.8) is 0 Å². The van der Waals surface area contributed by atoms with Gasteiger partial charge in [-0.1, -0.05) is 32.0 Å². The van der Waals surface area contributed by atoms with E-state index in [4.69, 9.17) is 0 Å². The standard InChI is InChI=1S/C19H25N3O4S2/c1-4-22(5-2)28(25,26)16-10-8-15(9-11-16)14(3)21-18(23)13-20-19(24)17-7-6-12-27-17/h6-12,14H,4-5,13H2,1-3H3,(H,20,24)(H,21,23)/t14-/m1/s1. The fraction of sp³-hybridized carbons (Fsp3) is 0.368. The van der Waals surface area contributed by atoms with Gasteiger partial charge >= 0.3 is 0 Å². The van der Waals surface area contributed by atoms with Gasteiger partial charge in [-0.3, -0.25) is 9.59 Å². The topological polar surface area (TPSA) is 95.6 Å². The van der Waals surface area contributed by atoms with E-state index >= 15 is 0 Å². The second-order valence-electron chi connectivity index (χ2n) is 6.11. The summed E-state index contributed by atoms with van der Waals surface area (Å²) in [5, 5.41) is 7.15. The van der Waals surface area contributed by atoms with Crippen LogP contribution in [-0.4, -0.2) is 44.2 Å². The lowest BCUT2D eigenvalue weighted by Crippen LogP contribution is -2.37. The van der Waals surface area contributed by atoms with E-state index in [1.54, 1.807) is 62.5 Å². The highest BCUT2D eigenvalue weighted by Crippen LogP contribution is 2.19. The van der Waals surface area contributed by atoms with Crippen LogP contribution in [0.25, 0.3) is 0 Å². The molecule has 0 aliphatic heterocycles. The third kappa shape index (κ3) is 5.40. The van der Waals surface area contributed by atoms with Crippen LogP contribution in [0.15, 0.2) is 46.7 Å². The van der Waals surface area contributed by atoms with Crippen LogP contribution in [0.2, 0.25) is 0 Å². The molecule has 2 aromatic rings. The van der Waals surface area contributed by atoms with Gasteiger partial charge in [0.15, 0.2) is 0 Å². The summed E-state index contributed by atoms with van der Waals surface area (Å²) in [6.07, 6.45) is 0. The third-order valence-corrected chi connectivity index (χ3v) is 7.19. The summed E-state index contributed by atoms with van der Waals surface area (Å²) in [6, 6.07) is 9.60. The molecule has 0 spiro atoms. The number of carbonyl (C=O) groups is 2. The number of nitrogens with zero attached hydrogens (tertiary/aromatic N) is 1. The molecule has 2 rings (SSSR count). The quantitative estimate of drug-likeness (QED) is 0.647. The highest BCUT2D eigenvalue weighted by atomic mass is 32.2. The second kappa shape index (κ2) is 9.81. The number of rotatable bonds is 9. The Hall–Kier alpha value is -2.23. The van der Waals surface area contributed by atoms with Crippen molar-refractivity contribution >= 4 is 33.2 Å². The van der Waals surface area contributed by atoms with E-state index in [0.29, 0.717) is 18.0 Å². The van der Waals surface area contributed by atoms with Crippen molar-refractivity contribution in [1.82, 2.24) is 14.9 Å². The molecule has 1 heterocycles. The average molecular weight is 424 g/mol. The van der Waals surface area contributed by atoms with Gasteiger partial charge in [0.25, 0.3) is 5.91 Å². The Kier molecular flexibility index (Phi) is 7.73. The maximum atomic E-state index is 12.5. The van der Waals surface area contributed by atoms with Gasteiger partial charge in [-0.15, -0.1) is 11.3 Å². The number of hydrogen-bond donors (Lipinski definition) is 2. The summed E-state index contributed by atoms with van der Waals surface area (Å²) in [7, 11) is -3.51. The van der Waals surface area contributed by atoms with Crippen molar-refractivity contribution in [2.45, 2.75) is 31.7 Å². The van der Waals surface area contributed by atoms with Crippen LogP contribution >= 0.6 is 11.3 Å². The van der Waals surface area contributed by atoms with Gasteiger partial charge < -0.3 is 10.6 Å². The van der Waals surface area contributed by atoms with Gasteiger partial charge in [0, 0.05) is 13.1 Å². The zero-order chi connectivity index (χ0) is 20.7. The zero-order valence-electron chi connectivity index (χ0n) is 16.1. The fourth-order valence-corrected chi connectivity index (χ4v) is 4.77. The fourth-order valence-electron chi connectivity index (χ4n) is 2.67. The van der Waals surface area contributed by atoms with Crippen LogP contribution in [0, 0.1) is 0 Å². The first-order chi connectivity index (χ1) is 13.3. The van der Waals surface area contributed by atoms with E-state index < -0.39 is 10.0 Å². The number of carbonyl (C=O) groups excluding carboxylic acids is 2. The molecule has 1 aromatic carbocycles. The van der Waals surface area contributed by atoms with Gasteiger partial charge in [0.05, 0.1) is 22.4 Å². The van der Waals surface area contributed by atoms with Gasteiger partial charge in [0.2, 0.25) is 15.9 Å². The predicted molar refractivity (Wildman–Crippen MR) is 110 cm³/mol. The Morgan fingerprint density at radius 1 is 1.11 bits per heavy atom. The summed E-state index contributed by atoms with van der Waals surface area (Å²) in [6.45, 7) is 6.07. The molecule has 0 saturated heterocycles. The van der Waals surface area contributed by atoms with Crippen LogP contribution in [0.5, 0.6) is 0 Å². The summed E-state index contributed by atoms with van der Waals surface area (Å²) in [4.78, 5) is 24.7. The molecule has 0 aliphatic rings. The molecule has 2 N–H and O–H groups in total. The van der Waals surface area contributed by atoms with E-state index in [2.05, 4.69) is 10.6 Å². The smallest absolute Gasteiger partial charge is 0.261 e. The summed E-state index contributed by atoms with van der Waals surface area (Å²) in [5.74, 6) is -0.610. The summed E-state index contributed by atoms with van der Waals surface area (Å²) in [5.41, 5.74) is 0.774. The molecule has 0 bridgehead atoms.